The number of ether oxygens (including phenoxy) is 1. The van der Waals surface area contributed by atoms with Crippen molar-refractivity contribution in [2.75, 3.05) is 6.61 Å². The summed E-state index contributed by atoms with van der Waals surface area (Å²) < 4.78 is 6.62. The maximum absolute atomic E-state index is 5.98. The van der Waals surface area contributed by atoms with Gasteiger partial charge in [0, 0.05) is 9.49 Å². The van der Waals surface area contributed by atoms with Crippen LogP contribution in [0.3, 0.4) is 0 Å². The van der Waals surface area contributed by atoms with Crippen molar-refractivity contribution in [3.63, 3.8) is 0 Å². The van der Waals surface area contributed by atoms with E-state index in [0.717, 1.165) is 24.2 Å². The molecule has 0 aromatic heterocycles. The summed E-state index contributed by atoms with van der Waals surface area (Å²) in [6, 6.07) is 8.58. The molecule has 1 aliphatic carbocycles. The van der Waals surface area contributed by atoms with Gasteiger partial charge >= 0.3 is 0 Å². The van der Waals surface area contributed by atoms with E-state index in [1.54, 1.807) is 0 Å². The van der Waals surface area contributed by atoms with E-state index in [1.807, 2.05) is 0 Å². The van der Waals surface area contributed by atoms with E-state index in [9.17, 15) is 0 Å². The SMILES string of the molecule is IC1c2ccccc2OCC2CCCCC21. The van der Waals surface area contributed by atoms with E-state index in [1.165, 1.54) is 31.2 Å². The predicted molar refractivity (Wildman–Crippen MR) is 74.1 cm³/mol. The summed E-state index contributed by atoms with van der Waals surface area (Å²) >= 11 is 2.63. The summed E-state index contributed by atoms with van der Waals surface area (Å²) in [6.07, 6.45) is 5.54. The first kappa shape index (κ1) is 10.9. The van der Waals surface area contributed by atoms with Gasteiger partial charge in [0.1, 0.15) is 5.75 Å². The van der Waals surface area contributed by atoms with E-state index in [-0.39, 0.29) is 0 Å². The number of hydrogen-bond acceptors (Lipinski definition) is 1. The van der Waals surface area contributed by atoms with Gasteiger partial charge in [-0.05, 0) is 30.7 Å². The molecule has 1 heterocycles. The average molecular weight is 328 g/mol. The highest BCUT2D eigenvalue weighted by molar-refractivity contribution is 14.1. The minimum atomic E-state index is 0.640. The highest BCUT2D eigenvalue weighted by atomic mass is 127. The number of alkyl halides is 1. The van der Waals surface area contributed by atoms with Gasteiger partial charge in [0.25, 0.3) is 0 Å². The quantitative estimate of drug-likeness (QED) is 0.508. The second-order valence-electron chi connectivity index (χ2n) is 4.96. The summed E-state index contributed by atoms with van der Waals surface area (Å²) in [5, 5.41) is 0. The first-order valence-electron chi connectivity index (χ1n) is 6.22. The van der Waals surface area contributed by atoms with Crippen molar-refractivity contribution in [3.8, 4) is 5.75 Å². The fourth-order valence-electron chi connectivity index (χ4n) is 3.10. The normalized spacial score (nSPS) is 33.2. The lowest BCUT2D eigenvalue weighted by Crippen LogP contribution is -2.25. The topological polar surface area (TPSA) is 9.23 Å². The lowest BCUT2D eigenvalue weighted by atomic mass is 9.77. The zero-order valence-corrected chi connectivity index (χ0v) is 11.5. The van der Waals surface area contributed by atoms with Crippen LogP contribution < -0.4 is 4.74 Å². The Kier molecular flexibility index (Phi) is 3.09. The van der Waals surface area contributed by atoms with Crippen molar-refractivity contribution in [2.45, 2.75) is 29.6 Å². The van der Waals surface area contributed by atoms with E-state index in [2.05, 4.69) is 46.9 Å². The first-order chi connectivity index (χ1) is 7.86. The molecule has 2 heteroatoms. The number of hydrogen-bond donors (Lipinski definition) is 0. The van der Waals surface area contributed by atoms with Crippen LogP contribution in [0, 0.1) is 11.8 Å². The van der Waals surface area contributed by atoms with Gasteiger partial charge in [-0.1, -0.05) is 53.6 Å². The molecule has 1 nitrogen and oxygen atoms in total. The molecular formula is C14H17IO. The largest absolute Gasteiger partial charge is 0.493 e. The third-order valence-electron chi connectivity index (χ3n) is 4.01. The third kappa shape index (κ3) is 1.85. The minimum absolute atomic E-state index is 0.640. The summed E-state index contributed by atoms with van der Waals surface area (Å²) in [5.41, 5.74) is 1.41. The molecule has 1 aromatic rings. The van der Waals surface area contributed by atoms with Crippen molar-refractivity contribution in [1.82, 2.24) is 0 Å². The zero-order valence-electron chi connectivity index (χ0n) is 9.36. The van der Waals surface area contributed by atoms with Crippen molar-refractivity contribution in [3.05, 3.63) is 29.8 Å². The first-order valence-corrected chi connectivity index (χ1v) is 7.46. The molecule has 16 heavy (non-hydrogen) atoms. The van der Waals surface area contributed by atoms with Crippen LogP contribution >= 0.6 is 22.6 Å². The fourth-order valence-corrected chi connectivity index (χ4v) is 4.56. The average Bonchev–Trinajstić information content (AvgIpc) is 2.49. The van der Waals surface area contributed by atoms with Gasteiger partial charge in [-0.2, -0.15) is 0 Å². The van der Waals surface area contributed by atoms with Gasteiger partial charge in [0.2, 0.25) is 0 Å². The summed E-state index contributed by atoms with van der Waals surface area (Å²) in [6.45, 7) is 0.932. The predicted octanol–water partition coefficient (Wildman–Crippen LogP) is 4.36. The van der Waals surface area contributed by atoms with Gasteiger partial charge in [0.05, 0.1) is 6.61 Å². The Morgan fingerprint density at radius 3 is 2.88 bits per heavy atom. The highest BCUT2D eigenvalue weighted by Crippen LogP contribution is 2.48. The summed E-state index contributed by atoms with van der Waals surface area (Å²) in [4.78, 5) is 0. The molecule has 0 radical (unpaired) electrons. The smallest absolute Gasteiger partial charge is 0.123 e. The number of rotatable bonds is 0. The molecule has 0 bridgehead atoms. The maximum Gasteiger partial charge on any atom is 0.123 e. The van der Waals surface area contributed by atoms with Crippen molar-refractivity contribution in [1.29, 1.82) is 0 Å². The number of para-hydroxylation sites is 1. The van der Waals surface area contributed by atoms with Crippen molar-refractivity contribution in [2.24, 2.45) is 11.8 Å². The number of halogens is 1. The molecule has 1 fully saturated rings. The van der Waals surface area contributed by atoms with Crippen molar-refractivity contribution >= 4 is 22.6 Å². The second kappa shape index (κ2) is 4.55. The fraction of sp³-hybridized carbons (Fsp3) is 0.571. The number of fused-ring (bicyclic) bond motifs is 2. The van der Waals surface area contributed by atoms with Gasteiger partial charge < -0.3 is 4.74 Å². The Morgan fingerprint density at radius 2 is 1.94 bits per heavy atom. The molecular weight excluding hydrogens is 311 g/mol. The molecule has 1 aromatic carbocycles. The zero-order chi connectivity index (χ0) is 11.0. The molecule has 1 aliphatic heterocycles. The number of benzene rings is 1. The van der Waals surface area contributed by atoms with E-state index < -0.39 is 0 Å². The Morgan fingerprint density at radius 1 is 1.12 bits per heavy atom. The van der Waals surface area contributed by atoms with Gasteiger partial charge in [-0.25, -0.2) is 0 Å². The van der Waals surface area contributed by atoms with Crippen LogP contribution in [0.15, 0.2) is 24.3 Å². The standard InChI is InChI=1S/C14H17IO/c15-14-11-6-2-1-5-10(11)9-16-13-8-4-3-7-12(13)14/h3-4,7-8,10-11,14H,1-2,5-6,9H2. The Labute approximate surface area is 111 Å². The Hall–Kier alpha value is -0.250. The molecule has 0 spiro atoms. The van der Waals surface area contributed by atoms with Gasteiger partial charge in [-0.15, -0.1) is 0 Å². The molecule has 86 valence electrons. The van der Waals surface area contributed by atoms with Crippen LogP contribution in [0.1, 0.15) is 35.2 Å². The van der Waals surface area contributed by atoms with Crippen LogP contribution in [0.25, 0.3) is 0 Å². The summed E-state index contributed by atoms with van der Waals surface area (Å²) in [5.74, 6) is 2.73. The van der Waals surface area contributed by atoms with Gasteiger partial charge in [0.15, 0.2) is 0 Å². The molecule has 2 aliphatic rings. The van der Waals surface area contributed by atoms with Crippen LogP contribution in [-0.2, 0) is 0 Å². The Balaban J connectivity index is 1.96. The van der Waals surface area contributed by atoms with Gasteiger partial charge in [-0.3, -0.25) is 0 Å². The van der Waals surface area contributed by atoms with Crippen LogP contribution in [-0.4, -0.2) is 6.61 Å². The van der Waals surface area contributed by atoms with E-state index >= 15 is 0 Å². The molecule has 1 saturated carbocycles. The van der Waals surface area contributed by atoms with Crippen LogP contribution in [0.5, 0.6) is 5.75 Å². The van der Waals surface area contributed by atoms with E-state index in [4.69, 9.17) is 4.74 Å². The molecule has 0 saturated heterocycles. The Bertz CT molecular complexity index is 377. The second-order valence-corrected chi connectivity index (χ2v) is 6.30. The molecule has 3 unspecified atom stereocenters. The minimum Gasteiger partial charge on any atom is -0.493 e. The monoisotopic (exact) mass is 328 g/mol. The molecule has 0 amide bonds. The lowest BCUT2D eigenvalue weighted by molar-refractivity contribution is 0.164. The highest BCUT2D eigenvalue weighted by Gasteiger charge is 2.35. The molecule has 3 atom stereocenters. The van der Waals surface area contributed by atoms with Crippen LogP contribution in [0.2, 0.25) is 0 Å². The third-order valence-corrected chi connectivity index (χ3v) is 5.61. The summed E-state index contributed by atoms with van der Waals surface area (Å²) in [7, 11) is 0. The maximum atomic E-state index is 5.98. The van der Waals surface area contributed by atoms with Crippen molar-refractivity contribution < 1.29 is 4.74 Å². The lowest BCUT2D eigenvalue weighted by Gasteiger charge is -2.32. The molecule has 0 N–H and O–H groups in total. The molecule has 3 rings (SSSR count). The van der Waals surface area contributed by atoms with E-state index in [0.29, 0.717) is 3.92 Å². The van der Waals surface area contributed by atoms with Crippen LogP contribution in [0.4, 0.5) is 0 Å².